The molecule has 1 fully saturated rings. The summed E-state index contributed by atoms with van der Waals surface area (Å²) in [6.07, 6.45) is 1.71. The van der Waals surface area contributed by atoms with E-state index in [1.165, 1.54) is 0 Å². The smallest absolute Gasteiger partial charge is 0.289 e. The zero-order valence-corrected chi connectivity index (χ0v) is 18.2. The van der Waals surface area contributed by atoms with Crippen molar-refractivity contribution in [3.63, 3.8) is 0 Å². The lowest BCUT2D eigenvalue weighted by molar-refractivity contribution is 0.0607. The maximum absolute atomic E-state index is 12.8. The van der Waals surface area contributed by atoms with Crippen LogP contribution in [0, 0.1) is 6.92 Å². The molecule has 4 aromatic rings. The topological polar surface area (TPSA) is 75.6 Å². The molecule has 31 heavy (non-hydrogen) atoms. The van der Waals surface area contributed by atoms with Crippen LogP contribution in [0.15, 0.2) is 50.7 Å². The summed E-state index contributed by atoms with van der Waals surface area (Å²) in [6.45, 7) is 6.11. The number of amides is 1. The average molecular weight is 437 g/mol. The van der Waals surface area contributed by atoms with Crippen LogP contribution in [0.5, 0.6) is 0 Å². The molecule has 0 aliphatic carbocycles. The number of furan rings is 1. The van der Waals surface area contributed by atoms with E-state index in [1.54, 1.807) is 11.3 Å². The number of aromatic nitrogens is 2. The van der Waals surface area contributed by atoms with Crippen molar-refractivity contribution in [1.82, 2.24) is 19.9 Å². The summed E-state index contributed by atoms with van der Waals surface area (Å²) in [6, 6.07) is 11.8. The highest BCUT2D eigenvalue weighted by molar-refractivity contribution is 7.13. The van der Waals surface area contributed by atoms with Crippen LogP contribution in [-0.2, 0) is 6.42 Å². The number of carbonyl (C=O) groups is 1. The van der Waals surface area contributed by atoms with Gasteiger partial charge < -0.3 is 13.8 Å². The molecule has 0 unspecified atom stereocenters. The molecule has 1 amide bonds. The largest absolute Gasteiger partial charge is 0.451 e. The van der Waals surface area contributed by atoms with Gasteiger partial charge in [-0.2, -0.15) is 4.98 Å². The van der Waals surface area contributed by atoms with Gasteiger partial charge in [0.15, 0.2) is 5.76 Å². The van der Waals surface area contributed by atoms with Crippen LogP contribution in [0.2, 0.25) is 0 Å². The number of piperazine rings is 1. The third-order valence-electron chi connectivity index (χ3n) is 5.62. The summed E-state index contributed by atoms with van der Waals surface area (Å²) in [5, 5.41) is 7.04. The van der Waals surface area contributed by atoms with Gasteiger partial charge in [0.25, 0.3) is 5.91 Å². The Morgan fingerprint density at radius 2 is 2.03 bits per heavy atom. The Balaban J connectivity index is 1.10. The molecule has 7 nitrogen and oxygen atoms in total. The highest BCUT2D eigenvalue weighted by atomic mass is 32.1. The lowest BCUT2D eigenvalue weighted by Crippen LogP contribution is -2.48. The van der Waals surface area contributed by atoms with E-state index in [-0.39, 0.29) is 5.91 Å². The number of nitrogens with zero attached hydrogens (tertiary/aromatic N) is 4. The number of hydrogen-bond donors (Lipinski definition) is 0. The molecule has 160 valence electrons. The minimum absolute atomic E-state index is 0.0273. The highest BCUT2D eigenvalue weighted by Gasteiger charge is 2.24. The molecule has 1 aliphatic heterocycles. The van der Waals surface area contributed by atoms with Crippen LogP contribution in [0.25, 0.3) is 21.7 Å². The first-order valence-electron chi connectivity index (χ1n) is 10.5. The van der Waals surface area contributed by atoms with E-state index in [2.05, 4.69) is 15.0 Å². The molecule has 0 bridgehead atoms. The number of thiophene rings is 1. The highest BCUT2D eigenvalue weighted by Crippen LogP contribution is 2.23. The maximum Gasteiger partial charge on any atom is 0.289 e. The van der Waals surface area contributed by atoms with E-state index in [4.69, 9.17) is 8.94 Å². The minimum atomic E-state index is -0.0273. The number of rotatable bonds is 6. The molecule has 1 aliphatic rings. The number of fused-ring (bicyclic) bond motifs is 1. The Hall–Kier alpha value is -2.97. The summed E-state index contributed by atoms with van der Waals surface area (Å²) >= 11 is 1.61. The predicted octanol–water partition coefficient (Wildman–Crippen LogP) is 4.24. The number of benzene rings is 1. The Kier molecular flexibility index (Phi) is 5.57. The van der Waals surface area contributed by atoms with Crippen molar-refractivity contribution in [2.45, 2.75) is 19.8 Å². The van der Waals surface area contributed by atoms with E-state index >= 15 is 0 Å². The Morgan fingerprint density at radius 1 is 1.16 bits per heavy atom. The van der Waals surface area contributed by atoms with Crippen molar-refractivity contribution in [2.24, 2.45) is 0 Å². The van der Waals surface area contributed by atoms with Gasteiger partial charge in [-0.3, -0.25) is 9.69 Å². The van der Waals surface area contributed by atoms with E-state index in [0.29, 0.717) is 30.6 Å². The van der Waals surface area contributed by atoms with E-state index in [0.717, 1.165) is 53.9 Å². The van der Waals surface area contributed by atoms with E-state index in [9.17, 15) is 4.79 Å². The normalized spacial score (nSPS) is 15.1. The summed E-state index contributed by atoms with van der Waals surface area (Å²) < 4.78 is 11.2. The van der Waals surface area contributed by atoms with Crippen LogP contribution in [0.3, 0.4) is 0 Å². The second kappa shape index (κ2) is 8.64. The van der Waals surface area contributed by atoms with Crippen LogP contribution >= 0.6 is 11.3 Å². The maximum atomic E-state index is 12.8. The quantitative estimate of drug-likeness (QED) is 0.450. The minimum Gasteiger partial charge on any atom is -0.451 e. The fraction of sp³-hybridized carbons (Fsp3) is 0.348. The van der Waals surface area contributed by atoms with Crippen LogP contribution < -0.4 is 0 Å². The summed E-state index contributed by atoms with van der Waals surface area (Å²) in [5.41, 5.74) is 1.92. The van der Waals surface area contributed by atoms with Gasteiger partial charge in [-0.05, 0) is 49.5 Å². The second-order valence-electron chi connectivity index (χ2n) is 7.88. The van der Waals surface area contributed by atoms with Crippen molar-refractivity contribution in [2.75, 3.05) is 32.7 Å². The fourth-order valence-electron chi connectivity index (χ4n) is 3.91. The van der Waals surface area contributed by atoms with Crippen LogP contribution in [0.4, 0.5) is 0 Å². The van der Waals surface area contributed by atoms with Gasteiger partial charge in [-0.15, -0.1) is 11.3 Å². The molecular formula is C23H24N4O3S. The third-order valence-corrected chi connectivity index (χ3v) is 6.48. The van der Waals surface area contributed by atoms with E-state index < -0.39 is 0 Å². The molecule has 0 spiro atoms. The lowest BCUT2D eigenvalue weighted by atomic mass is 10.2. The molecule has 0 saturated carbocycles. The van der Waals surface area contributed by atoms with Gasteiger partial charge >= 0.3 is 0 Å². The average Bonchev–Trinajstić information content (AvgIpc) is 3.53. The molecule has 3 aromatic heterocycles. The standard InChI is InChI=1S/C23H24N4O3S/c1-16-6-7-18-17(14-16)15-19(29-18)23(28)27-11-9-26(10-12-27)8-2-5-21-24-22(25-30-21)20-4-3-13-31-20/h3-4,6-7,13-15H,2,5,8-12H2,1H3. The SMILES string of the molecule is Cc1ccc2oc(C(=O)N3CCN(CCCc4nc(-c5cccs5)no4)CC3)cc2c1. The van der Waals surface area contributed by atoms with Gasteiger partial charge in [0, 0.05) is 38.0 Å². The molecule has 1 aromatic carbocycles. The van der Waals surface area contributed by atoms with Crippen molar-refractivity contribution in [3.05, 3.63) is 59.0 Å². The molecule has 0 atom stereocenters. The van der Waals surface area contributed by atoms with Crippen molar-refractivity contribution >= 4 is 28.2 Å². The van der Waals surface area contributed by atoms with E-state index in [1.807, 2.05) is 53.6 Å². The summed E-state index contributed by atoms with van der Waals surface area (Å²) in [4.78, 5) is 22.6. The number of carbonyl (C=O) groups excluding carboxylic acids is 1. The molecule has 0 radical (unpaired) electrons. The van der Waals surface area contributed by atoms with Gasteiger partial charge in [-0.25, -0.2) is 0 Å². The Bertz CT molecular complexity index is 1170. The zero-order valence-electron chi connectivity index (χ0n) is 17.4. The molecule has 5 rings (SSSR count). The third kappa shape index (κ3) is 4.40. The van der Waals surface area contributed by atoms with Crippen molar-refractivity contribution in [3.8, 4) is 10.7 Å². The van der Waals surface area contributed by atoms with Gasteiger partial charge in [0.2, 0.25) is 11.7 Å². The predicted molar refractivity (Wildman–Crippen MR) is 119 cm³/mol. The number of hydrogen-bond acceptors (Lipinski definition) is 7. The zero-order chi connectivity index (χ0) is 21.2. The summed E-state index contributed by atoms with van der Waals surface area (Å²) in [7, 11) is 0. The van der Waals surface area contributed by atoms with Crippen LogP contribution in [0.1, 0.15) is 28.4 Å². The first-order valence-corrected chi connectivity index (χ1v) is 11.4. The number of aryl methyl sites for hydroxylation is 2. The molecule has 4 heterocycles. The second-order valence-corrected chi connectivity index (χ2v) is 8.83. The lowest BCUT2D eigenvalue weighted by Gasteiger charge is -2.34. The van der Waals surface area contributed by atoms with Gasteiger partial charge in [0.1, 0.15) is 5.58 Å². The van der Waals surface area contributed by atoms with Crippen LogP contribution in [-0.4, -0.2) is 58.6 Å². The molecule has 0 N–H and O–H groups in total. The Morgan fingerprint density at radius 3 is 2.84 bits per heavy atom. The molecular weight excluding hydrogens is 412 g/mol. The monoisotopic (exact) mass is 436 g/mol. The summed E-state index contributed by atoms with van der Waals surface area (Å²) in [5.74, 6) is 1.74. The fourth-order valence-corrected chi connectivity index (χ4v) is 4.56. The molecule has 1 saturated heterocycles. The van der Waals surface area contributed by atoms with Gasteiger partial charge in [0.05, 0.1) is 4.88 Å². The molecule has 8 heteroatoms. The van der Waals surface area contributed by atoms with Gasteiger partial charge in [-0.1, -0.05) is 22.9 Å². The first kappa shape index (κ1) is 20.0. The van der Waals surface area contributed by atoms with Crippen molar-refractivity contribution < 1.29 is 13.7 Å². The van der Waals surface area contributed by atoms with Crippen molar-refractivity contribution in [1.29, 1.82) is 0 Å². The first-order chi connectivity index (χ1) is 15.2. The Labute approximate surface area is 184 Å².